The highest BCUT2D eigenvalue weighted by atomic mass is 15.0. The first kappa shape index (κ1) is 15.8. The van der Waals surface area contributed by atoms with Crippen LogP contribution in [0.1, 0.15) is 86.5 Å². The number of hydrogen-bond acceptors (Lipinski definition) is 1. The zero-order valence-electron chi connectivity index (χ0n) is 15.3. The van der Waals surface area contributed by atoms with Crippen LogP contribution in [0.15, 0.2) is 0 Å². The summed E-state index contributed by atoms with van der Waals surface area (Å²) in [4.78, 5) is 0. The van der Waals surface area contributed by atoms with E-state index in [1.807, 2.05) is 0 Å². The van der Waals surface area contributed by atoms with Crippen molar-refractivity contribution < 1.29 is 0 Å². The Morgan fingerprint density at radius 2 is 1.62 bits per heavy atom. The molecule has 0 aromatic carbocycles. The predicted octanol–water partition coefficient (Wildman–Crippen LogP) is 5.40. The highest BCUT2D eigenvalue weighted by Crippen LogP contribution is 2.62. The molecule has 3 fully saturated rings. The summed E-state index contributed by atoms with van der Waals surface area (Å²) in [6, 6.07) is 1.48. The summed E-state index contributed by atoms with van der Waals surface area (Å²) < 4.78 is 0. The first-order valence-corrected chi connectivity index (χ1v) is 9.41. The normalized spacial score (nSPS) is 46.0. The fraction of sp³-hybridized carbons (Fsp3) is 1.00. The molecule has 3 aliphatic rings. The first-order chi connectivity index (χ1) is 9.64. The van der Waals surface area contributed by atoms with E-state index in [1.165, 1.54) is 44.9 Å². The topological polar surface area (TPSA) is 12.0 Å². The SMILES string of the molecule is CC(C)(C)C1CCCCC1NC1C2(C)CCC(C2)C1(C)C. The van der Waals surface area contributed by atoms with Crippen molar-refractivity contribution in [1.29, 1.82) is 0 Å². The summed E-state index contributed by atoms with van der Waals surface area (Å²) in [5, 5.41) is 4.24. The van der Waals surface area contributed by atoms with Crippen molar-refractivity contribution in [2.45, 2.75) is 98.6 Å². The zero-order valence-corrected chi connectivity index (χ0v) is 15.3. The number of nitrogens with one attached hydrogen (secondary N) is 1. The minimum atomic E-state index is 0.445. The Morgan fingerprint density at radius 3 is 2.19 bits per heavy atom. The van der Waals surface area contributed by atoms with E-state index in [0.29, 0.717) is 16.2 Å². The van der Waals surface area contributed by atoms with Gasteiger partial charge in [0.15, 0.2) is 0 Å². The third kappa shape index (κ3) is 2.58. The molecule has 1 nitrogen and oxygen atoms in total. The Bertz CT molecular complexity index is 386. The lowest BCUT2D eigenvalue weighted by Crippen LogP contribution is -2.57. The van der Waals surface area contributed by atoms with Gasteiger partial charge in [-0.05, 0) is 60.2 Å². The van der Waals surface area contributed by atoms with E-state index in [-0.39, 0.29) is 0 Å². The van der Waals surface area contributed by atoms with Crippen molar-refractivity contribution in [1.82, 2.24) is 5.32 Å². The molecular weight excluding hydrogens is 254 g/mol. The van der Waals surface area contributed by atoms with Crippen LogP contribution in [-0.2, 0) is 0 Å². The van der Waals surface area contributed by atoms with Crippen LogP contribution in [0.3, 0.4) is 0 Å². The summed E-state index contributed by atoms with van der Waals surface area (Å²) in [5.74, 6) is 1.81. The molecule has 1 N–H and O–H groups in total. The van der Waals surface area contributed by atoms with Crippen LogP contribution < -0.4 is 5.32 Å². The average molecular weight is 292 g/mol. The molecule has 0 aliphatic heterocycles. The minimum Gasteiger partial charge on any atom is -0.310 e. The van der Waals surface area contributed by atoms with Crippen LogP contribution in [0.5, 0.6) is 0 Å². The smallest absolute Gasteiger partial charge is 0.0177 e. The molecule has 3 saturated carbocycles. The van der Waals surface area contributed by atoms with Crippen molar-refractivity contribution in [3.63, 3.8) is 0 Å². The predicted molar refractivity (Wildman–Crippen MR) is 91.4 cm³/mol. The lowest BCUT2D eigenvalue weighted by Gasteiger charge is -2.49. The largest absolute Gasteiger partial charge is 0.310 e. The average Bonchev–Trinajstić information content (AvgIpc) is 2.85. The van der Waals surface area contributed by atoms with Gasteiger partial charge in [-0.25, -0.2) is 0 Å². The second-order valence-corrected chi connectivity index (χ2v) is 10.4. The molecule has 1 heteroatoms. The summed E-state index contributed by atoms with van der Waals surface area (Å²) in [6.07, 6.45) is 10.1. The van der Waals surface area contributed by atoms with Crippen LogP contribution in [0.25, 0.3) is 0 Å². The molecule has 0 amide bonds. The van der Waals surface area contributed by atoms with Gasteiger partial charge >= 0.3 is 0 Å². The quantitative estimate of drug-likeness (QED) is 0.718. The van der Waals surface area contributed by atoms with E-state index in [0.717, 1.165) is 23.9 Å². The standard InChI is InChI=1S/C20H37N/c1-18(2,3)15-9-7-8-10-16(15)21-17-19(4,5)14-11-12-20(17,6)13-14/h14-17,21H,7-13H2,1-6H3. The Labute approximate surface area is 132 Å². The molecule has 0 aromatic rings. The summed E-state index contributed by atoms with van der Waals surface area (Å²) in [5.41, 5.74) is 1.50. The lowest BCUT2D eigenvalue weighted by molar-refractivity contribution is 0.0552. The maximum Gasteiger partial charge on any atom is 0.0177 e. The van der Waals surface area contributed by atoms with E-state index in [2.05, 4.69) is 46.9 Å². The Hall–Kier alpha value is -0.0400. The molecule has 0 saturated heterocycles. The molecule has 3 aliphatic carbocycles. The molecule has 5 unspecified atom stereocenters. The Morgan fingerprint density at radius 1 is 0.952 bits per heavy atom. The molecule has 0 spiro atoms. The monoisotopic (exact) mass is 291 g/mol. The molecule has 5 atom stereocenters. The second-order valence-electron chi connectivity index (χ2n) is 10.4. The summed E-state index contributed by atoms with van der Waals surface area (Å²) in [7, 11) is 0. The van der Waals surface area contributed by atoms with Gasteiger partial charge in [0.25, 0.3) is 0 Å². The van der Waals surface area contributed by atoms with Gasteiger partial charge in [-0.1, -0.05) is 54.4 Å². The molecule has 0 radical (unpaired) electrons. The van der Waals surface area contributed by atoms with E-state index in [4.69, 9.17) is 0 Å². The molecule has 3 rings (SSSR count). The van der Waals surface area contributed by atoms with Crippen molar-refractivity contribution in [3.05, 3.63) is 0 Å². The van der Waals surface area contributed by atoms with Crippen molar-refractivity contribution >= 4 is 0 Å². The van der Waals surface area contributed by atoms with Gasteiger partial charge in [-0.3, -0.25) is 0 Å². The zero-order chi connectivity index (χ0) is 15.5. The fourth-order valence-corrected chi connectivity index (χ4v) is 6.30. The molecule has 0 aromatic heterocycles. The van der Waals surface area contributed by atoms with Gasteiger partial charge < -0.3 is 5.32 Å². The molecule has 21 heavy (non-hydrogen) atoms. The van der Waals surface area contributed by atoms with E-state index in [9.17, 15) is 0 Å². The second kappa shape index (κ2) is 4.98. The molecular formula is C20H37N. The fourth-order valence-electron chi connectivity index (χ4n) is 6.30. The van der Waals surface area contributed by atoms with Crippen LogP contribution >= 0.6 is 0 Å². The van der Waals surface area contributed by atoms with Crippen LogP contribution in [0.4, 0.5) is 0 Å². The highest BCUT2D eigenvalue weighted by molar-refractivity contribution is 5.13. The third-order valence-electron chi connectivity index (χ3n) is 7.53. The maximum absolute atomic E-state index is 4.24. The van der Waals surface area contributed by atoms with Crippen LogP contribution in [0, 0.1) is 28.1 Å². The maximum atomic E-state index is 4.24. The van der Waals surface area contributed by atoms with Gasteiger partial charge in [0.05, 0.1) is 0 Å². The van der Waals surface area contributed by atoms with E-state index < -0.39 is 0 Å². The van der Waals surface area contributed by atoms with Crippen LogP contribution in [0.2, 0.25) is 0 Å². The van der Waals surface area contributed by atoms with Gasteiger partial charge in [-0.15, -0.1) is 0 Å². The minimum absolute atomic E-state index is 0.445. The van der Waals surface area contributed by atoms with Gasteiger partial charge in [0, 0.05) is 12.1 Å². The number of hydrogen-bond donors (Lipinski definition) is 1. The van der Waals surface area contributed by atoms with E-state index >= 15 is 0 Å². The van der Waals surface area contributed by atoms with Crippen LogP contribution in [-0.4, -0.2) is 12.1 Å². The summed E-state index contributed by atoms with van der Waals surface area (Å²) in [6.45, 7) is 15.0. The Kier molecular flexibility index (Phi) is 3.76. The molecule has 2 bridgehead atoms. The molecule has 122 valence electrons. The first-order valence-electron chi connectivity index (χ1n) is 9.41. The number of fused-ring (bicyclic) bond motifs is 2. The summed E-state index contributed by atoms with van der Waals surface area (Å²) >= 11 is 0. The van der Waals surface area contributed by atoms with Gasteiger partial charge in [-0.2, -0.15) is 0 Å². The Balaban J connectivity index is 1.78. The van der Waals surface area contributed by atoms with Gasteiger partial charge in [0.1, 0.15) is 0 Å². The number of rotatable bonds is 2. The third-order valence-corrected chi connectivity index (χ3v) is 7.53. The van der Waals surface area contributed by atoms with Crippen molar-refractivity contribution in [2.24, 2.45) is 28.1 Å². The highest BCUT2D eigenvalue weighted by Gasteiger charge is 2.59. The van der Waals surface area contributed by atoms with E-state index in [1.54, 1.807) is 0 Å². The van der Waals surface area contributed by atoms with Crippen molar-refractivity contribution in [2.75, 3.05) is 0 Å². The lowest BCUT2D eigenvalue weighted by atomic mass is 9.65. The van der Waals surface area contributed by atoms with Crippen molar-refractivity contribution in [3.8, 4) is 0 Å². The molecule has 0 heterocycles. The van der Waals surface area contributed by atoms with Gasteiger partial charge in [0.2, 0.25) is 0 Å².